The molecule has 2 heterocycles. The maximum Gasteiger partial charge on any atom is 0.351 e. The number of carbonyl (C=O) groups is 5. The average Bonchev–Trinajstić information content (AvgIpc) is 2.45. The zero-order chi connectivity index (χ0) is 18.2. The molecule has 9 nitrogen and oxygen atoms in total. The molecular weight excluding hydrogens is 340 g/mol. The number of hydrogen-bond donors (Lipinski definition) is 2. The van der Waals surface area contributed by atoms with Crippen LogP contribution in [0.15, 0.2) is 0 Å². The number of aliphatic carboxylic acids is 1. The number of ether oxygens (including phenoxy) is 1. The van der Waals surface area contributed by atoms with Crippen LogP contribution in [0.1, 0.15) is 27.2 Å². The molecule has 2 fully saturated rings. The summed E-state index contributed by atoms with van der Waals surface area (Å²) in [6.45, 7) is 3.69. The Morgan fingerprint density at radius 1 is 1.38 bits per heavy atom. The van der Waals surface area contributed by atoms with Gasteiger partial charge in [-0.25, -0.2) is 4.79 Å². The molecule has 2 aliphatic heterocycles. The monoisotopic (exact) mass is 358 g/mol. The molecular formula is C14H18N2O7S. The fourth-order valence-electron chi connectivity index (χ4n) is 2.78. The molecule has 0 aromatic carbocycles. The summed E-state index contributed by atoms with van der Waals surface area (Å²) in [5.41, 5.74) is -1.82. The van der Waals surface area contributed by atoms with Crippen LogP contribution in [-0.4, -0.2) is 68.4 Å². The molecule has 2 aliphatic rings. The van der Waals surface area contributed by atoms with Gasteiger partial charge in [-0.2, -0.15) is 0 Å². The molecule has 3 unspecified atom stereocenters. The van der Waals surface area contributed by atoms with Crippen molar-refractivity contribution in [1.29, 1.82) is 0 Å². The number of nitrogens with zero attached hydrogens (tertiary/aromatic N) is 1. The van der Waals surface area contributed by atoms with Crippen molar-refractivity contribution in [2.24, 2.45) is 0 Å². The summed E-state index contributed by atoms with van der Waals surface area (Å²) in [6, 6.07) is -0.812. The first-order valence-electron chi connectivity index (χ1n) is 7.26. The standard InChI is InChI=1S/C14H18N2O7S/c1-6(17)4-9(19)15-10-11(20)16-5-14(13(21)22,23-8(3)18)7(2)24-12(10)16/h7,10,12H,4-5H2,1-3H3,(H,15,19)(H,21,22)/t7?,10?,12-,14?/m1/s1. The van der Waals surface area contributed by atoms with Crippen LogP contribution in [0, 0.1) is 0 Å². The SMILES string of the molecule is CC(=O)CC(=O)NC1C(=O)N2CC(OC(C)=O)(C(=O)O)C(C)S[C@H]12. The van der Waals surface area contributed by atoms with Crippen molar-refractivity contribution in [3.05, 3.63) is 0 Å². The number of fused-ring (bicyclic) bond motifs is 1. The van der Waals surface area contributed by atoms with Crippen LogP contribution in [0.25, 0.3) is 0 Å². The van der Waals surface area contributed by atoms with Gasteiger partial charge in [0.25, 0.3) is 0 Å². The van der Waals surface area contributed by atoms with E-state index < -0.39 is 46.0 Å². The number of ketones is 1. The molecule has 24 heavy (non-hydrogen) atoms. The predicted molar refractivity (Wildman–Crippen MR) is 81.9 cm³/mol. The Bertz CT molecular complexity index is 622. The molecule has 0 radical (unpaired) electrons. The lowest BCUT2D eigenvalue weighted by molar-refractivity contribution is -0.185. The molecule has 132 valence electrons. The Kier molecular flexibility index (Phi) is 4.88. The second-order valence-corrected chi connectivity index (χ2v) is 7.31. The van der Waals surface area contributed by atoms with E-state index in [9.17, 15) is 29.1 Å². The van der Waals surface area contributed by atoms with Crippen molar-refractivity contribution in [2.45, 2.75) is 49.5 Å². The van der Waals surface area contributed by atoms with E-state index >= 15 is 0 Å². The molecule has 0 spiro atoms. The van der Waals surface area contributed by atoms with Gasteiger partial charge in [0.2, 0.25) is 17.4 Å². The van der Waals surface area contributed by atoms with Crippen molar-refractivity contribution in [3.8, 4) is 0 Å². The topological polar surface area (TPSA) is 130 Å². The van der Waals surface area contributed by atoms with Gasteiger partial charge in [0, 0.05) is 6.92 Å². The Hall–Kier alpha value is -2.10. The van der Waals surface area contributed by atoms with Gasteiger partial charge in [-0.3, -0.25) is 19.2 Å². The first-order chi connectivity index (χ1) is 11.1. The number of carboxylic acid groups (broad SMARTS) is 1. The fraction of sp³-hybridized carbons (Fsp3) is 0.643. The highest BCUT2D eigenvalue weighted by Crippen LogP contribution is 2.44. The minimum atomic E-state index is -1.82. The Morgan fingerprint density at radius 3 is 2.50 bits per heavy atom. The van der Waals surface area contributed by atoms with E-state index in [4.69, 9.17) is 4.74 Å². The highest BCUT2D eigenvalue weighted by Gasteiger charge is 2.62. The maximum absolute atomic E-state index is 12.2. The highest BCUT2D eigenvalue weighted by molar-refractivity contribution is 8.00. The molecule has 2 amide bonds. The van der Waals surface area contributed by atoms with Crippen LogP contribution in [0.2, 0.25) is 0 Å². The summed E-state index contributed by atoms with van der Waals surface area (Å²) in [5.74, 6) is -3.41. The number of thioether (sulfide) groups is 1. The fourth-order valence-corrected chi connectivity index (χ4v) is 4.31. The third-order valence-corrected chi connectivity index (χ3v) is 5.56. The summed E-state index contributed by atoms with van der Waals surface area (Å²) >= 11 is 1.13. The van der Waals surface area contributed by atoms with Gasteiger partial charge >= 0.3 is 11.9 Å². The van der Waals surface area contributed by atoms with Crippen LogP contribution in [-0.2, 0) is 28.7 Å². The highest BCUT2D eigenvalue weighted by atomic mass is 32.2. The number of rotatable bonds is 5. The molecule has 0 saturated carbocycles. The summed E-state index contributed by atoms with van der Waals surface area (Å²) < 4.78 is 5.04. The molecule has 0 aromatic heterocycles. The van der Waals surface area contributed by atoms with Gasteiger partial charge in [-0.05, 0) is 13.8 Å². The Labute approximate surface area is 142 Å². The van der Waals surface area contributed by atoms with Crippen LogP contribution in [0.3, 0.4) is 0 Å². The zero-order valence-corrected chi connectivity index (χ0v) is 14.2. The van der Waals surface area contributed by atoms with Crippen molar-refractivity contribution < 1.29 is 33.8 Å². The van der Waals surface area contributed by atoms with Gasteiger partial charge in [0.05, 0.1) is 18.2 Å². The van der Waals surface area contributed by atoms with Crippen LogP contribution in [0.4, 0.5) is 0 Å². The quantitative estimate of drug-likeness (QED) is 0.369. The molecule has 0 aliphatic carbocycles. The second kappa shape index (κ2) is 6.42. The van der Waals surface area contributed by atoms with Crippen LogP contribution >= 0.6 is 11.8 Å². The number of hydrogen-bond acceptors (Lipinski definition) is 7. The third kappa shape index (κ3) is 3.10. The van der Waals surface area contributed by atoms with Crippen LogP contribution in [0.5, 0.6) is 0 Å². The number of β-lactam (4-membered cyclic amide) rings is 1. The lowest BCUT2D eigenvalue weighted by Gasteiger charge is -2.55. The lowest BCUT2D eigenvalue weighted by atomic mass is 9.94. The number of amides is 2. The molecule has 2 saturated heterocycles. The Morgan fingerprint density at radius 2 is 2.00 bits per heavy atom. The lowest BCUT2D eigenvalue weighted by Crippen LogP contribution is -2.77. The Balaban J connectivity index is 2.13. The van der Waals surface area contributed by atoms with E-state index in [2.05, 4.69) is 5.32 Å². The number of Topliss-reactive ketones (excluding diaryl/α,β-unsaturated/α-hetero) is 1. The maximum atomic E-state index is 12.2. The largest absolute Gasteiger partial charge is 0.478 e. The van der Waals surface area contributed by atoms with E-state index in [0.29, 0.717) is 0 Å². The van der Waals surface area contributed by atoms with Gasteiger partial charge in [-0.1, -0.05) is 0 Å². The van der Waals surface area contributed by atoms with Crippen molar-refractivity contribution in [2.75, 3.05) is 6.54 Å². The predicted octanol–water partition coefficient (Wildman–Crippen LogP) is -0.860. The molecule has 2 N–H and O–H groups in total. The molecule has 0 bridgehead atoms. The number of nitrogens with one attached hydrogen (secondary N) is 1. The van der Waals surface area contributed by atoms with Crippen molar-refractivity contribution in [1.82, 2.24) is 10.2 Å². The van der Waals surface area contributed by atoms with Crippen LogP contribution < -0.4 is 5.32 Å². The van der Waals surface area contributed by atoms with Gasteiger partial charge < -0.3 is 20.1 Å². The van der Waals surface area contributed by atoms with Gasteiger partial charge in [-0.15, -0.1) is 11.8 Å². The summed E-state index contributed by atoms with van der Waals surface area (Å²) in [7, 11) is 0. The summed E-state index contributed by atoms with van der Waals surface area (Å²) in [4.78, 5) is 59.0. The average molecular weight is 358 g/mol. The molecule has 0 aromatic rings. The van der Waals surface area contributed by atoms with E-state index in [0.717, 1.165) is 18.7 Å². The first kappa shape index (κ1) is 18.2. The smallest absolute Gasteiger partial charge is 0.351 e. The normalized spacial score (nSPS) is 31.5. The van der Waals surface area contributed by atoms with E-state index in [1.54, 1.807) is 6.92 Å². The zero-order valence-electron chi connectivity index (χ0n) is 13.4. The van der Waals surface area contributed by atoms with Gasteiger partial charge in [0.1, 0.15) is 17.2 Å². The van der Waals surface area contributed by atoms with Gasteiger partial charge in [0.15, 0.2) is 0 Å². The van der Waals surface area contributed by atoms with E-state index in [-0.39, 0.29) is 18.7 Å². The summed E-state index contributed by atoms with van der Waals surface area (Å²) in [6.07, 6.45) is -0.316. The molecule has 2 rings (SSSR count). The van der Waals surface area contributed by atoms with Crippen molar-refractivity contribution in [3.63, 3.8) is 0 Å². The van der Waals surface area contributed by atoms with E-state index in [1.807, 2.05) is 0 Å². The number of esters is 1. The van der Waals surface area contributed by atoms with E-state index in [1.165, 1.54) is 11.8 Å². The minimum Gasteiger partial charge on any atom is -0.478 e. The summed E-state index contributed by atoms with van der Waals surface area (Å²) in [5, 5.41) is 10.9. The minimum absolute atomic E-state index is 0.279. The second-order valence-electron chi connectivity index (χ2n) is 5.85. The number of carbonyl (C=O) groups excluding carboxylic acids is 4. The molecule has 4 atom stereocenters. The molecule has 10 heteroatoms. The van der Waals surface area contributed by atoms with Crippen molar-refractivity contribution >= 4 is 41.3 Å². The number of carboxylic acids is 1. The first-order valence-corrected chi connectivity index (χ1v) is 8.20. The third-order valence-electron chi connectivity index (χ3n) is 3.96.